The van der Waals surface area contributed by atoms with Crippen LogP contribution in [0, 0.1) is 0 Å². The van der Waals surface area contributed by atoms with Crippen LogP contribution in [-0.4, -0.2) is 26.1 Å². The Labute approximate surface area is 204 Å². The van der Waals surface area contributed by atoms with Crippen LogP contribution in [0.25, 0.3) is 22.4 Å². The summed E-state index contributed by atoms with van der Waals surface area (Å²) in [4.78, 5) is 20.9. The van der Waals surface area contributed by atoms with Gasteiger partial charge in [-0.15, -0.1) is 5.75 Å². The number of rotatable bonds is 3. The Hall–Kier alpha value is -1.94. The first kappa shape index (κ1) is 22.4. The summed E-state index contributed by atoms with van der Waals surface area (Å²) in [5.74, 6) is -0.688. The van der Waals surface area contributed by atoms with E-state index in [0.29, 0.717) is 22.4 Å². The van der Waals surface area contributed by atoms with Gasteiger partial charge in [-0.1, -0.05) is 48.2 Å². The molecule has 0 radical (unpaired) electrons. The van der Waals surface area contributed by atoms with Crippen LogP contribution in [0.2, 0.25) is 0 Å². The van der Waals surface area contributed by atoms with Crippen LogP contribution in [0.3, 0.4) is 0 Å². The maximum atomic E-state index is 12.3. The molecule has 0 fully saturated rings. The summed E-state index contributed by atoms with van der Waals surface area (Å²) in [6, 6.07) is 12.1. The molecule has 0 unspecified atom stereocenters. The third-order valence-corrected chi connectivity index (χ3v) is 3.76. The maximum absolute atomic E-state index is 12.3. The smallest absolute Gasteiger partial charge is 0.872 e. The molecule has 2 heterocycles. The van der Waals surface area contributed by atoms with Crippen LogP contribution in [0.15, 0.2) is 54.7 Å². The Morgan fingerprint density at radius 3 is 2.57 bits per heavy atom. The van der Waals surface area contributed by atoms with Crippen molar-refractivity contribution in [2.24, 2.45) is 0 Å². The van der Waals surface area contributed by atoms with Crippen molar-refractivity contribution in [2.75, 3.05) is 5.32 Å². The van der Waals surface area contributed by atoms with Crippen molar-refractivity contribution in [2.45, 2.75) is 0 Å². The van der Waals surface area contributed by atoms with Gasteiger partial charge in [0.1, 0.15) is 0 Å². The molecule has 128 valence electrons. The monoisotopic (exact) mass is 391 g/mol. The molecular weight excluding hydrogens is 380 g/mol. The largest absolute Gasteiger partial charge is 1.00 e. The second kappa shape index (κ2) is 9.51. The van der Waals surface area contributed by atoms with Crippen LogP contribution in [0.4, 0.5) is 5.82 Å². The summed E-state index contributed by atoms with van der Waals surface area (Å²) in [6.45, 7) is 0. The number of hydrogen-bond donors (Lipinski definition) is 2. The number of benzene rings is 2. The van der Waals surface area contributed by atoms with E-state index in [1.54, 1.807) is 18.2 Å². The topological polar surface area (TPSA) is 130 Å². The van der Waals surface area contributed by atoms with Gasteiger partial charge in [0.2, 0.25) is 5.65 Å². The molecule has 0 aliphatic rings. The van der Waals surface area contributed by atoms with Crippen LogP contribution in [-0.2, 0) is 0 Å². The molecule has 0 spiro atoms. The zero-order chi connectivity index (χ0) is 18.1. The molecule has 1 amide bonds. The van der Waals surface area contributed by atoms with E-state index in [2.05, 4.69) is 25.5 Å². The summed E-state index contributed by atoms with van der Waals surface area (Å²) in [5.41, 5.74) is 1.61. The molecule has 2 aromatic carbocycles. The van der Waals surface area contributed by atoms with Gasteiger partial charge in [-0.05, 0) is 11.6 Å². The van der Waals surface area contributed by atoms with Crippen molar-refractivity contribution in [1.29, 1.82) is 0 Å². The summed E-state index contributed by atoms with van der Waals surface area (Å²) >= 11 is 0. The zero-order valence-electron chi connectivity index (χ0n) is 15.3. The van der Waals surface area contributed by atoms with Gasteiger partial charge in [0.25, 0.3) is 5.91 Å². The summed E-state index contributed by atoms with van der Waals surface area (Å²) in [6.07, 6.45) is 1.45. The van der Waals surface area contributed by atoms with Crippen LogP contribution in [0.5, 0.6) is 11.5 Å². The second-order valence-electron chi connectivity index (χ2n) is 5.50. The third kappa shape index (κ3) is 4.54. The van der Waals surface area contributed by atoms with Crippen molar-refractivity contribution in [1.82, 2.24) is 20.2 Å². The minimum absolute atomic E-state index is 0. The fraction of sp³-hybridized carbons (Fsp3) is 0. The van der Waals surface area contributed by atoms with Gasteiger partial charge in [0, 0.05) is 5.56 Å². The predicted octanol–water partition coefficient (Wildman–Crippen LogP) is -4.57. The average Bonchev–Trinajstić information content (AvgIpc) is 3.04. The van der Waals surface area contributed by atoms with E-state index in [9.17, 15) is 15.0 Å². The number of fused-ring (bicyclic) bond motifs is 1. The van der Waals surface area contributed by atoms with Crippen molar-refractivity contribution in [3.63, 3.8) is 0 Å². The van der Waals surface area contributed by atoms with Gasteiger partial charge in [0.15, 0.2) is 11.3 Å². The second-order valence-corrected chi connectivity index (χ2v) is 5.50. The van der Waals surface area contributed by atoms with E-state index in [1.165, 1.54) is 36.5 Å². The maximum Gasteiger partial charge on any atom is 1.00 e. The number of carbonyl (C=O) groups excluding carboxylic acids is 1. The number of para-hydroxylation sites is 1. The Balaban J connectivity index is 0.00000140. The van der Waals surface area contributed by atoms with Crippen LogP contribution < -0.4 is 74.6 Å². The first-order chi connectivity index (χ1) is 12.6. The van der Waals surface area contributed by atoms with Gasteiger partial charge in [-0.25, -0.2) is 9.97 Å². The summed E-state index contributed by atoms with van der Waals surface area (Å²) < 4.78 is 0. The number of nitrogens with zero attached hydrogens (tertiary/aromatic N) is 3. The quantitative estimate of drug-likeness (QED) is 0.338. The molecule has 0 saturated carbocycles. The SMILES string of the molecule is O=C(Nc1[nH]nc2ncc(-c3ccccc3[O-])nc12)c1cccc([O-])c1.[Na+].[Na+]. The van der Waals surface area contributed by atoms with E-state index in [-0.39, 0.29) is 82.0 Å². The van der Waals surface area contributed by atoms with Gasteiger partial charge in [-0.3, -0.25) is 9.89 Å². The molecule has 0 aliphatic heterocycles. The Morgan fingerprint density at radius 2 is 1.82 bits per heavy atom. The predicted molar refractivity (Wildman–Crippen MR) is 90.4 cm³/mol. The van der Waals surface area contributed by atoms with E-state index in [1.807, 2.05) is 0 Å². The van der Waals surface area contributed by atoms with Crippen LogP contribution >= 0.6 is 0 Å². The zero-order valence-corrected chi connectivity index (χ0v) is 19.3. The van der Waals surface area contributed by atoms with E-state index in [0.717, 1.165) is 0 Å². The molecule has 10 heteroatoms. The molecule has 2 aromatic heterocycles. The number of anilines is 1. The molecule has 0 aliphatic carbocycles. The number of nitrogens with one attached hydrogen (secondary N) is 2. The minimum Gasteiger partial charge on any atom is -0.872 e. The molecule has 0 saturated heterocycles. The number of carbonyl (C=O) groups is 1. The minimum atomic E-state index is -0.482. The van der Waals surface area contributed by atoms with Gasteiger partial charge in [-0.2, -0.15) is 5.10 Å². The van der Waals surface area contributed by atoms with Crippen molar-refractivity contribution >= 4 is 22.9 Å². The Morgan fingerprint density at radius 1 is 1.04 bits per heavy atom. The van der Waals surface area contributed by atoms with E-state index < -0.39 is 5.91 Å². The molecule has 0 bridgehead atoms. The van der Waals surface area contributed by atoms with Crippen LogP contribution in [0.1, 0.15) is 10.4 Å². The van der Waals surface area contributed by atoms with Crippen molar-refractivity contribution in [3.8, 4) is 22.8 Å². The molecule has 4 rings (SSSR count). The molecule has 4 aromatic rings. The molecule has 28 heavy (non-hydrogen) atoms. The number of H-pyrrole nitrogens is 1. The standard InChI is InChI=1S/C18H13N5O3.2Na/c24-11-5-3-4-10(8-11)18(26)21-17-15-16(22-23-17)19-9-13(20-15)12-6-1-2-7-14(12)25;;/h1-9,24-25H,(H2,19,21,22,23,26);;/q;2*+1/p-2. The summed E-state index contributed by atoms with van der Waals surface area (Å²) in [5, 5.41) is 32.6. The normalized spacial score (nSPS) is 10.0. The molecular formula is C18H11N5Na2O3. The average molecular weight is 391 g/mol. The van der Waals surface area contributed by atoms with E-state index >= 15 is 0 Å². The van der Waals surface area contributed by atoms with E-state index in [4.69, 9.17) is 0 Å². The Kier molecular flexibility index (Phi) is 7.59. The third-order valence-electron chi connectivity index (χ3n) is 3.76. The first-order valence-corrected chi connectivity index (χ1v) is 7.68. The van der Waals surface area contributed by atoms with Gasteiger partial charge >= 0.3 is 59.1 Å². The molecule has 8 nitrogen and oxygen atoms in total. The van der Waals surface area contributed by atoms with Crippen molar-refractivity contribution in [3.05, 3.63) is 60.3 Å². The number of aromatic nitrogens is 4. The van der Waals surface area contributed by atoms with Gasteiger partial charge < -0.3 is 15.5 Å². The number of amides is 1. The molecule has 0 atom stereocenters. The Bertz CT molecular complexity index is 1130. The summed E-state index contributed by atoms with van der Waals surface area (Å²) in [7, 11) is 0. The molecule has 2 N–H and O–H groups in total. The fourth-order valence-corrected chi connectivity index (χ4v) is 2.51. The number of aromatic amines is 1. The first-order valence-electron chi connectivity index (χ1n) is 7.68. The van der Waals surface area contributed by atoms with Gasteiger partial charge in [0.05, 0.1) is 11.9 Å². The number of hydrogen-bond acceptors (Lipinski definition) is 6. The van der Waals surface area contributed by atoms with Crippen molar-refractivity contribution < 1.29 is 74.1 Å². The fourth-order valence-electron chi connectivity index (χ4n) is 2.51.